The van der Waals surface area contributed by atoms with Gasteiger partial charge in [-0.25, -0.2) is 14.2 Å². The molecule has 1 aliphatic rings. The minimum absolute atomic E-state index is 0.0364. The number of benzene rings is 2. The second-order valence-corrected chi connectivity index (χ2v) is 7.53. The second kappa shape index (κ2) is 7.70. The summed E-state index contributed by atoms with van der Waals surface area (Å²) in [5.41, 5.74) is 3.11. The largest absolute Gasteiger partial charge is 0.508 e. The van der Waals surface area contributed by atoms with Gasteiger partial charge in [0.2, 0.25) is 5.88 Å². The molecule has 0 unspecified atom stereocenters. The Kier molecular flexibility index (Phi) is 5.09. The van der Waals surface area contributed by atoms with Gasteiger partial charge in [0.05, 0.1) is 5.69 Å². The summed E-state index contributed by atoms with van der Waals surface area (Å²) in [6, 6.07) is 9.88. The SMILES string of the molecule is Cc1cc(-c2c(C3CCCC3)nc(OCC(=O)O)c3cc(O)ccc23)ccc1F. The third-order valence-electron chi connectivity index (χ3n) is 5.50. The molecule has 3 aromatic rings. The van der Waals surface area contributed by atoms with Gasteiger partial charge >= 0.3 is 5.97 Å². The highest BCUT2D eigenvalue weighted by Gasteiger charge is 2.26. The van der Waals surface area contributed by atoms with Crippen LogP contribution >= 0.6 is 0 Å². The average molecular weight is 395 g/mol. The number of halogens is 1. The number of carboxylic acid groups (broad SMARTS) is 1. The van der Waals surface area contributed by atoms with Gasteiger partial charge in [0.15, 0.2) is 6.61 Å². The Bertz CT molecular complexity index is 1090. The highest BCUT2D eigenvalue weighted by atomic mass is 19.1. The summed E-state index contributed by atoms with van der Waals surface area (Å²) >= 11 is 0. The normalized spacial score (nSPS) is 14.4. The first kappa shape index (κ1) is 19.2. The Balaban J connectivity index is 2.00. The molecule has 0 radical (unpaired) electrons. The maximum atomic E-state index is 13.9. The van der Waals surface area contributed by atoms with Crippen molar-refractivity contribution in [1.82, 2.24) is 4.98 Å². The standard InChI is InChI=1S/C23H22FNO4/c1-13-10-15(6-9-19(13)24)21-17-8-7-16(26)11-18(17)23(29-12-20(27)28)25-22(21)14-4-2-3-5-14/h6-11,14,26H,2-5,12H2,1H3,(H,27,28). The number of aromatic nitrogens is 1. The number of aryl methyl sites for hydroxylation is 1. The van der Waals surface area contributed by atoms with Gasteiger partial charge in [-0.3, -0.25) is 0 Å². The van der Waals surface area contributed by atoms with Crippen molar-refractivity contribution in [2.24, 2.45) is 0 Å². The van der Waals surface area contributed by atoms with Crippen LogP contribution < -0.4 is 4.74 Å². The Morgan fingerprint density at radius 1 is 1.17 bits per heavy atom. The van der Waals surface area contributed by atoms with Gasteiger partial charge in [0, 0.05) is 16.9 Å². The lowest BCUT2D eigenvalue weighted by Crippen LogP contribution is -2.12. The molecule has 0 aliphatic heterocycles. The Morgan fingerprint density at radius 3 is 2.62 bits per heavy atom. The van der Waals surface area contributed by atoms with Crippen LogP contribution in [-0.4, -0.2) is 27.8 Å². The number of phenols is 1. The molecule has 150 valence electrons. The molecule has 4 rings (SSSR count). The van der Waals surface area contributed by atoms with Crippen molar-refractivity contribution in [3.8, 4) is 22.8 Å². The molecule has 0 saturated heterocycles. The number of pyridine rings is 1. The molecule has 1 fully saturated rings. The predicted molar refractivity (Wildman–Crippen MR) is 108 cm³/mol. The Morgan fingerprint density at radius 2 is 1.93 bits per heavy atom. The van der Waals surface area contributed by atoms with Gasteiger partial charge in [0.1, 0.15) is 11.6 Å². The Hall–Kier alpha value is -3.15. The summed E-state index contributed by atoms with van der Waals surface area (Å²) in [5.74, 6) is -0.911. The van der Waals surface area contributed by atoms with E-state index in [-0.39, 0.29) is 23.4 Å². The maximum Gasteiger partial charge on any atom is 0.341 e. The lowest BCUT2D eigenvalue weighted by molar-refractivity contribution is -0.139. The predicted octanol–water partition coefficient (Wildman–Crippen LogP) is 5.18. The quantitative estimate of drug-likeness (QED) is 0.623. The van der Waals surface area contributed by atoms with Gasteiger partial charge in [-0.2, -0.15) is 0 Å². The minimum Gasteiger partial charge on any atom is -0.508 e. The van der Waals surface area contributed by atoms with Crippen LogP contribution in [0.1, 0.15) is 42.9 Å². The molecule has 5 nitrogen and oxygen atoms in total. The van der Waals surface area contributed by atoms with Gasteiger partial charge < -0.3 is 14.9 Å². The number of phenolic OH excluding ortho intramolecular Hbond substituents is 1. The second-order valence-electron chi connectivity index (χ2n) is 7.53. The highest BCUT2D eigenvalue weighted by Crippen LogP contribution is 2.44. The van der Waals surface area contributed by atoms with Crippen LogP contribution in [0.2, 0.25) is 0 Å². The number of aliphatic carboxylic acids is 1. The van der Waals surface area contributed by atoms with Crippen molar-refractivity contribution in [1.29, 1.82) is 0 Å². The van der Waals surface area contributed by atoms with E-state index in [4.69, 9.17) is 14.8 Å². The van der Waals surface area contributed by atoms with Crippen LogP contribution in [-0.2, 0) is 4.79 Å². The number of hydrogen-bond donors (Lipinski definition) is 2. The number of carbonyl (C=O) groups is 1. The van der Waals surface area contributed by atoms with Crippen molar-refractivity contribution in [3.63, 3.8) is 0 Å². The molecule has 1 aromatic heterocycles. The number of fused-ring (bicyclic) bond motifs is 1. The zero-order valence-electron chi connectivity index (χ0n) is 16.1. The van der Waals surface area contributed by atoms with Gasteiger partial charge in [-0.05, 0) is 66.6 Å². The van der Waals surface area contributed by atoms with Crippen LogP contribution in [0.25, 0.3) is 21.9 Å². The summed E-state index contributed by atoms with van der Waals surface area (Å²) < 4.78 is 19.4. The van der Waals surface area contributed by atoms with Crippen LogP contribution in [0.5, 0.6) is 11.6 Å². The van der Waals surface area contributed by atoms with Crippen molar-refractivity contribution >= 4 is 16.7 Å². The van der Waals surface area contributed by atoms with Crippen LogP contribution in [0.3, 0.4) is 0 Å². The molecular weight excluding hydrogens is 373 g/mol. The van der Waals surface area contributed by atoms with E-state index in [0.717, 1.165) is 47.9 Å². The molecule has 0 spiro atoms. The molecule has 2 aromatic carbocycles. The Labute approximate surface area is 167 Å². The zero-order valence-corrected chi connectivity index (χ0v) is 16.1. The third kappa shape index (κ3) is 3.75. The smallest absolute Gasteiger partial charge is 0.341 e. The summed E-state index contributed by atoms with van der Waals surface area (Å²) in [6.07, 6.45) is 4.19. The van der Waals surface area contributed by atoms with E-state index in [1.165, 1.54) is 12.1 Å². The number of nitrogens with zero attached hydrogens (tertiary/aromatic N) is 1. The van der Waals surface area contributed by atoms with Crippen molar-refractivity contribution < 1.29 is 24.1 Å². The van der Waals surface area contributed by atoms with Crippen molar-refractivity contribution in [2.75, 3.05) is 6.61 Å². The molecule has 1 heterocycles. The molecule has 29 heavy (non-hydrogen) atoms. The molecule has 0 amide bonds. The van der Waals surface area contributed by atoms with Gasteiger partial charge in [0.25, 0.3) is 0 Å². The van der Waals surface area contributed by atoms with Crippen LogP contribution in [0.15, 0.2) is 36.4 Å². The maximum absolute atomic E-state index is 13.9. The summed E-state index contributed by atoms with van der Waals surface area (Å²) in [4.78, 5) is 15.8. The summed E-state index contributed by atoms with van der Waals surface area (Å²) in [5, 5.41) is 20.4. The van der Waals surface area contributed by atoms with Crippen LogP contribution in [0, 0.1) is 12.7 Å². The van der Waals surface area contributed by atoms with Crippen molar-refractivity contribution in [3.05, 3.63) is 53.5 Å². The van der Waals surface area contributed by atoms with E-state index in [1.54, 1.807) is 31.2 Å². The topological polar surface area (TPSA) is 79.7 Å². The molecule has 6 heteroatoms. The number of rotatable bonds is 5. The number of carboxylic acids is 1. The number of ether oxygens (including phenoxy) is 1. The van der Waals surface area contributed by atoms with E-state index >= 15 is 0 Å². The van der Waals surface area contributed by atoms with Gasteiger partial charge in [-0.1, -0.05) is 18.9 Å². The molecule has 1 aliphatic carbocycles. The summed E-state index contributed by atoms with van der Waals surface area (Å²) in [7, 11) is 0. The lowest BCUT2D eigenvalue weighted by atomic mass is 9.89. The van der Waals surface area contributed by atoms with E-state index in [1.807, 2.05) is 0 Å². The molecule has 0 bridgehead atoms. The minimum atomic E-state index is -1.10. The van der Waals surface area contributed by atoms with E-state index in [9.17, 15) is 14.3 Å². The average Bonchev–Trinajstić information content (AvgIpc) is 3.22. The fraction of sp³-hybridized carbons (Fsp3) is 0.304. The first-order valence-electron chi connectivity index (χ1n) is 9.72. The fourth-order valence-corrected chi connectivity index (χ4v) is 4.13. The van der Waals surface area contributed by atoms with E-state index < -0.39 is 12.6 Å². The monoisotopic (exact) mass is 395 g/mol. The number of aromatic hydroxyl groups is 1. The van der Waals surface area contributed by atoms with E-state index in [2.05, 4.69) is 0 Å². The first-order chi connectivity index (χ1) is 13.9. The van der Waals surface area contributed by atoms with Crippen molar-refractivity contribution in [2.45, 2.75) is 38.5 Å². The zero-order chi connectivity index (χ0) is 20.5. The fourth-order valence-electron chi connectivity index (χ4n) is 4.13. The molecular formula is C23H22FNO4. The number of hydrogen-bond acceptors (Lipinski definition) is 4. The van der Waals surface area contributed by atoms with Crippen LogP contribution in [0.4, 0.5) is 4.39 Å². The van der Waals surface area contributed by atoms with Gasteiger partial charge in [-0.15, -0.1) is 0 Å². The lowest BCUT2D eigenvalue weighted by Gasteiger charge is -2.20. The molecule has 1 saturated carbocycles. The highest BCUT2D eigenvalue weighted by molar-refractivity contribution is 6.01. The summed E-state index contributed by atoms with van der Waals surface area (Å²) in [6.45, 7) is 1.21. The van der Waals surface area contributed by atoms with E-state index in [0.29, 0.717) is 10.9 Å². The third-order valence-corrected chi connectivity index (χ3v) is 5.50. The molecule has 0 atom stereocenters. The first-order valence-corrected chi connectivity index (χ1v) is 9.72. The molecule has 2 N–H and O–H groups in total.